The third-order valence-electron chi connectivity index (χ3n) is 4.71. The number of rotatable bonds is 9. The van der Waals surface area contributed by atoms with Crippen LogP contribution in [0.2, 0.25) is 10.0 Å². The second-order valence-corrected chi connectivity index (χ2v) is 7.99. The first-order chi connectivity index (χ1) is 16.9. The van der Waals surface area contributed by atoms with Crippen LogP contribution in [0.25, 0.3) is 22.6 Å². The third kappa shape index (κ3) is 6.23. The van der Waals surface area contributed by atoms with Crippen molar-refractivity contribution in [2.75, 3.05) is 25.1 Å². The molecule has 0 bridgehead atoms. The van der Waals surface area contributed by atoms with Crippen molar-refractivity contribution in [3.8, 4) is 23.0 Å². The van der Waals surface area contributed by atoms with E-state index in [2.05, 4.69) is 10.3 Å². The summed E-state index contributed by atoms with van der Waals surface area (Å²) in [7, 11) is 0. The molecule has 0 saturated heterocycles. The zero-order chi connectivity index (χ0) is 24.8. The van der Waals surface area contributed by atoms with Gasteiger partial charge in [-0.3, -0.25) is 4.79 Å². The molecule has 0 spiro atoms. The fraction of sp³-hybridized carbons (Fsp3) is 0.160. The number of esters is 1. The molecule has 0 fully saturated rings. The van der Waals surface area contributed by atoms with E-state index in [1.807, 2.05) is 0 Å². The van der Waals surface area contributed by atoms with Crippen LogP contribution in [0, 0.1) is 0 Å². The summed E-state index contributed by atoms with van der Waals surface area (Å²) < 4.78 is 21.5. The van der Waals surface area contributed by atoms with E-state index in [1.54, 1.807) is 67.6 Å². The van der Waals surface area contributed by atoms with E-state index in [0.717, 1.165) is 5.56 Å². The summed E-state index contributed by atoms with van der Waals surface area (Å²) >= 11 is 12.0. The number of carbonyl (C=O) groups excluding carboxylic acids is 2. The first kappa shape index (κ1) is 24.4. The minimum atomic E-state index is -0.432. The van der Waals surface area contributed by atoms with Gasteiger partial charge in [0.15, 0.2) is 18.8 Å². The number of nitrogens with zero attached hydrogens (tertiary/aromatic N) is 1. The predicted octanol–water partition coefficient (Wildman–Crippen LogP) is 5.76. The number of halogens is 2. The molecule has 0 aliphatic carbocycles. The van der Waals surface area contributed by atoms with E-state index >= 15 is 0 Å². The Morgan fingerprint density at radius 2 is 1.80 bits per heavy atom. The molecule has 0 aliphatic rings. The van der Waals surface area contributed by atoms with Crippen LogP contribution in [0.3, 0.4) is 0 Å². The Bertz CT molecular complexity index is 1350. The van der Waals surface area contributed by atoms with Gasteiger partial charge in [0.2, 0.25) is 5.89 Å². The summed E-state index contributed by atoms with van der Waals surface area (Å²) in [6.45, 7) is 1.63. The Labute approximate surface area is 210 Å². The average Bonchev–Trinajstić information content (AvgIpc) is 3.28. The quantitative estimate of drug-likeness (QED) is 0.283. The number of carbonyl (C=O) groups is 2. The van der Waals surface area contributed by atoms with Gasteiger partial charge in [-0.1, -0.05) is 29.3 Å². The monoisotopic (exact) mass is 514 g/mol. The van der Waals surface area contributed by atoms with Crippen molar-refractivity contribution in [3.63, 3.8) is 0 Å². The Balaban J connectivity index is 1.38. The number of hydrogen-bond acceptors (Lipinski definition) is 7. The molecule has 3 aromatic carbocycles. The molecule has 0 unspecified atom stereocenters. The minimum absolute atomic E-state index is 0.165. The molecular formula is C25H20Cl2N2O6. The Hall–Kier alpha value is -3.75. The highest BCUT2D eigenvalue weighted by Crippen LogP contribution is 2.31. The summed E-state index contributed by atoms with van der Waals surface area (Å²) in [4.78, 5) is 28.2. The lowest BCUT2D eigenvalue weighted by Crippen LogP contribution is -2.20. The van der Waals surface area contributed by atoms with Gasteiger partial charge in [-0.15, -0.1) is 0 Å². The van der Waals surface area contributed by atoms with Crippen LogP contribution >= 0.6 is 23.2 Å². The third-order valence-corrected chi connectivity index (χ3v) is 5.51. The van der Waals surface area contributed by atoms with Gasteiger partial charge in [0.25, 0.3) is 5.91 Å². The van der Waals surface area contributed by atoms with E-state index in [1.165, 1.54) is 0 Å². The molecule has 1 aromatic heterocycles. The summed E-state index contributed by atoms with van der Waals surface area (Å²) in [6.07, 6.45) is 0. The van der Waals surface area contributed by atoms with Crippen molar-refractivity contribution in [2.45, 2.75) is 6.92 Å². The van der Waals surface area contributed by atoms with E-state index in [-0.39, 0.29) is 24.1 Å². The van der Waals surface area contributed by atoms with E-state index < -0.39 is 5.97 Å². The van der Waals surface area contributed by atoms with Gasteiger partial charge in [-0.05, 0) is 61.5 Å². The lowest BCUT2D eigenvalue weighted by atomic mass is 10.2. The van der Waals surface area contributed by atoms with Gasteiger partial charge in [0, 0.05) is 11.3 Å². The summed E-state index contributed by atoms with van der Waals surface area (Å²) in [6, 6.07) is 17.0. The van der Waals surface area contributed by atoms with Gasteiger partial charge < -0.3 is 23.9 Å². The number of fused-ring (bicyclic) bond motifs is 1. The average molecular weight is 515 g/mol. The van der Waals surface area contributed by atoms with Crippen LogP contribution in [-0.4, -0.2) is 36.7 Å². The molecular weight excluding hydrogens is 495 g/mol. The molecule has 0 radical (unpaired) electrons. The number of anilines is 1. The van der Waals surface area contributed by atoms with Crippen LogP contribution in [0.15, 0.2) is 65.1 Å². The predicted molar refractivity (Wildman–Crippen MR) is 132 cm³/mol. The molecule has 1 amide bonds. The molecule has 4 rings (SSSR count). The first-order valence-electron chi connectivity index (χ1n) is 10.6. The second-order valence-electron chi connectivity index (χ2n) is 7.21. The number of aromatic nitrogens is 1. The molecule has 0 aliphatic heterocycles. The molecule has 180 valence electrons. The molecule has 10 heteroatoms. The standard InChI is InChI=1S/C25H20Cl2N2O6/c1-2-32-23(31)14-33-17-9-6-15(7-10-17)25-29-19-12-16(8-11-20(19)35-25)28-22(30)13-34-21-5-3-4-18(26)24(21)27/h3-12H,2,13-14H2,1H3,(H,28,30). The molecule has 0 atom stereocenters. The summed E-state index contributed by atoms with van der Waals surface area (Å²) in [5.41, 5.74) is 2.38. The number of nitrogens with one attached hydrogen (secondary N) is 1. The van der Waals surface area contributed by atoms with Crippen LogP contribution in [-0.2, 0) is 14.3 Å². The Kier molecular flexibility index (Phi) is 7.74. The van der Waals surface area contributed by atoms with Crippen molar-refractivity contribution in [2.24, 2.45) is 0 Å². The molecule has 35 heavy (non-hydrogen) atoms. The van der Waals surface area contributed by atoms with E-state index in [4.69, 9.17) is 41.8 Å². The summed E-state index contributed by atoms with van der Waals surface area (Å²) in [5, 5.41) is 3.34. The number of benzene rings is 3. The topological polar surface area (TPSA) is 99.9 Å². The molecule has 8 nitrogen and oxygen atoms in total. The fourth-order valence-electron chi connectivity index (χ4n) is 3.10. The Morgan fingerprint density at radius 1 is 1.00 bits per heavy atom. The SMILES string of the molecule is CCOC(=O)COc1ccc(-c2nc3cc(NC(=O)COc4cccc(Cl)c4Cl)ccc3o2)cc1. The van der Waals surface area contributed by atoms with Crippen LogP contribution in [0.5, 0.6) is 11.5 Å². The van der Waals surface area contributed by atoms with Crippen molar-refractivity contribution in [3.05, 3.63) is 70.7 Å². The van der Waals surface area contributed by atoms with Crippen LogP contribution < -0.4 is 14.8 Å². The maximum atomic E-state index is 12.3. The van der Waals surface area contributed by atoms with Gasteiger partial charge in [-0.25, -0.2) is 9.78 Å². The van der Waals surface area contributed by atoms with Crippen molar-refractivity contribution in [1.82, 2.24) is 4.98 Å². The highest BCUT2D eigenvalue weighted by atomic mass is 35.5. The first-order valence-corrected chi connectivity index (χ1v) is 11.3. The number of ether oxygens (including phenoxy) is 3. The van der Waals surface area contributed by atoms with Crippen molar-refractivity contribution in [1.29, 1.82) is 0 Å². The van der Waals surface area contributed by atoms with E-state index in [0.29, 0.717) is 45.8 Å². The number of oxazole rings is 1. The zero-order valence-electron chi connectivity index (χ0n) is 18.5. The minimum Gasteiger partial charge on any atom is -0.482 e. The van der Waals surface area contributed by atoms with Gasteiger partial charge >= 0.3 is 5.97 Å². The normalized spacial score (nSPS) is 10.7. The molecule has 1 N–H and O–H groups in total. The highest BCUT2D eigenvalue weighted by molar-refractivity contribution is 6.42. The maximum Gasteiger partial charge on any atom is 0.344 e. The second kappa shape index (κ2) is 11.1. The molecule has 1 heterocycles. The smallest absolute Gasteiger partial charge is 0.344 e. The van der Waals surface area contributed by atoms with Crippen molar-refractivity contribution >= 4 is 51.9 Å². The van der Waals surface area contributed by atoms with Crippen molar-refractivity contribution < 1.29 is 28.2 Å². The van der Waals surface area contributed by atoms with Gasteiger partial charge in [0.05, 0.1) is 11.6 Å². The molecule has 0 saturated carbocycles. The fourth-order valence-corrected chi connectivity index (χ4v) is 3.45. The van der Waals surface area contributed by atoms with E-state index in [9.17, 15) is 9.59 Å². The lowest BCUT2D eigenvalue weighted by molar-refractivity contribution is -0.145. The summed E-state index contributed by atoms with van der Waals surface area (Å²) in [5.74, 6) is 0.438. The lowest BCUT2D eigenvalue weighted by Gasteiger charge is -2.09. The van der Waals surface area contributed by atoms with Gasteiger partial charge in [-0.2, -0.15) is 0 Å². The highest BCUT2D eigenvalue weighted by Gasteiger charge is 2.12. The Morgan fingerprint density at radius 3 is 2.57 bits per heavy atom. The number of hydrogen-bond donors (Lipinski definition) is 1. The largest absolute Gasteiger partial charge is 0.482 e. The molecule has 4 aromatic rings. The zero-order valence-corrected chi connectivity index (χ0v) is 20.1. The van der Waals surface area contributed by atoms with Gasteiger partial charge in [0.1, 0.15) is 22.0 Å². The van der Waals surface area contributed by atoms with Crippen LogP contribution in [0.4, 0.5) is 5.69 Å². The number of amides is 1. The maximum absolute atomic E-state index is 12.3. The van der Waals surface area contributed by atoms with Crippen LogP contribution in [0.1, 0.15) is 6.92 Å².